The molecule has 2 aromatic carbocycles. The van der Waals surface area contributed by atoms with E-state index in [0.29, 0.717) is 54.4 Å². The van der Waals surface area contributed by atoms with Crippen molar-refractivity contribution >= 4 is 17.4 Å². The van der Waals surface area contributed by atoms with Gasteiger partial charge in [0.2, 0.25) is 11.8 Å². The van der Waals surface area contributed by atoms with Crippen molar-refractivity contribution in [3.8, 4) is 34.2 Å². The van der Waals surface area contributed by atoms with Crippen LogP contribution in [0.15, 0.2) is 71.3 Å². The number of rotatable bonds is 8. The van der Waals surface area contributed by atoms with Crippen molar-refractivity contribution in [3.05, 3.63) is 72.5 Å². The molecular formula is C28H28N6O4. The van der Waals surface area contributed by atoms with Crippen LogP contribution in [0.25, 0.3) is 28.4 Å². The molecule has 10 nitrogen and oxygen atoms in total. The standard InChI is InChI=1S/C28H28N6O4/c1-35-21-11-10-19(17-23(21)36-2)18-29-28-31-26(33-12-15-37-16-13-33)24(20-7-4-3-5-8-20)27-30-25(32-34(27)28)22-9-6-14-38-22/h3-11,14,17H,12-13,15-16,18H2,1-2H3,(H,29,31). The number of methoxy groups -OCH3 is 2. The highest BCUT2D eigenvalue weighted by Crippen LogP contribution is 2.36. The molecule has 0 amide bonds. The number of benzene rings is 2. The molecule has 0 radical (unpaired) electrons. The Kier molecular flexibility index (Phi) is 6.53. The van der Waals surface area contributed by atoms with Crippen molar-refractivity contribution < 1.29 is 18.6 Å². The average molecular weight is 513 g/mol. The van der Waals surface area contributed by atoms with Gasteiger partial charge in [-0.2, -0.15) is 9.50 Å². The van der Waals surface area contributed by atoms with Crippen molar-refractivity contribution in [2.24, 2.45) is 0 Å². The van der Waals surface area contributed by atoms with E-state index in [2.05, 4.69) is 22.3 Å². The summed E-state index contributed by atoms with van der Waals surface area (Å²) in [7, 11) is 3.25. The average Bonchev–Trinajstić information content (AvgIpc) is 3.67. The van der Waals surface area contributed by atoms with E-state index in [1.54, 1.807) is 25.0 Å². The lowest BCUT2D eigenvalue weighted by Crippen LogP contribution is -2.37. The van der Waals surface area contributed by atoms with Crippen LogP contribution in [0.5, 0.6) is 11.5 Å². The molecule has 0 saturated carbocycles. The number of ether oxygens (including phenoxy) is 3. The molecule has 0 unspecified atom stereocenters. The van der Waals surface area contributed by atoms with Crippen LogP contribution in [0.3, 0.4) is 0 Å². The van der Waals surface area contributed by atoms with Crippen LogP contribution in [-0.4, -0.2) is 60.1 Å². The zero-order chi connectivity index (χ0) is 25.9. The number of hydrogen-bond acceptors (Lipinski definition) is 9. The van der Waals surface area contributed by atoms with Crippen LogP contribution in [-0.2, 0) is 11.3 Å². The van der Waals surface area contributed by atoms with Gasteiger partial charge in [-0.15, -0.1) is 5.10 Å². The van der Waals surface area contributed by atoms with Crippen molar-refractivity contribution in [2.75, 3.05) is 50.7 Å². The summed E-state index contributed by atoms with van der Waals surface area (Å²) >= 11 is 0. The molecule has 0 spiro atoms. The van der Waals surface area contributed by atoms with Crippen molar-refractivity contribution in [1.82, 2.24) is 19.6 Å². The Morgan fingerprint density at radius 3 is 2.47 bits per heavy atom. The van der Waals surface area contributed by atoms with Gasteiger partial charge >= 0.3 is 0 Å². The highest BCUT2D eigenvalue weighted by molar-refractivity contribution is 5.88. The first kappa shape index (κ1) is 23.8. The molecule has 1 saturated heterocycles. The number of morpholine rings is 1. The van der Waals surface area contributed by atoms with Gasteiger partial charge in [0.1, 0.15) is 5.82 Å². The van der Waals surface area contributed by atoms with Crippen LogP contribution in [0.1, 0.15) is 5.56 Å². The predicted molar refractivity (Wildman–Crippen MR) is 144 cm³/mol. The summed E-state index contributed by atoms with van der Waals surface area (Å²) in [6.07, 6.45) is 1.62. The minimum absolute atomic E-state index is 0.488. The van der Waals surface area contributed by atoms with Gasteiger partial charge in [-0.3, -0.25) is 0 Å². The summed E-state index contributed by atoms with van der Waals surface area (Å²) < 4.78 is 23.9. The number of fused-ring (bicyclic) bond motifs is 1. The number of furan rings is 1. The van der Waals surface area contributed by atoms with E-state index in [4.69, 9.17) is 33.7 Å². The Bertz CT molecular complexity index is 1530. The predicted octanol–water partition coefficient (Wildman–Crippen LogP) is 4.52. The zero-order valence-corrected chi connectivity index (χ0v) is 21.3. The maximum Gasteiger partial charge on any atom is 0.228 e. The quantitative estimate of drug-likeness (QED) is 0.322. The molecule has 1 aliphatic rings. The lowest BCUT2D eigenvalue weighted by molar-refractivity contribution is 0.122. The number of anilines is 2. The molecule has 0 atom stereocenters. The Balaban J connectivity index is 1.49. The molecule has 3 aromatic heterocycles. The van der Waals surface area contributed by atoms with Crippen LogP contribution in [0.2, 0.25) is 0 Å². The Morgan fingerprint density at radius 1 is 0.921 bits per heavy atom. The van der Waals surface area contributed by atoms with Gasteiger partial charge in [-0.1, -0.05) is 36.4 Å². The van der Waals surface area contributed by atoms with Crippen molar-refractivity contribution in [2.45, 2.75) is 6.54 Å². The lowest BCUT2D eigenvalue weighted by atomic mass is 10.1. The largest absolute Gasteiger partial charge is 0.493 e. The molecule has 6 rings (SSSR count). The molecule has 1 aliphatic heterocycles. The summed E-state index contributed by atoms with van der Waals surface area (Å²) in [6.45, 7) is 3.24. The summed E-state index contributed by atoms with van der Waals surface area (Å²) in [5.41, 5.74) is 3.61. The summed E-state index contributed by atoms with van der Waals surface area (Å²) in [4.78, 5) is 12.3. The van der Waals surface area contributed by atoms with Crippen molar-refractivity contribution in [1.29, 1.82) is 0 Å². The van der Waals surface area contributed by atoms with Crippen LogP contribution in [0.4, 0.5) is 11.8 Å². The van der Waals surface area contributed by atoms with Gasteiger partial charge in [0, 0.05) is 19.6 Å². The normalized spacial score (nSPS) is 13.6. The van der Waals surface area contributed by atoms with E-state index in [1.807, 2.05) is 48.5 Å². The second-order valence-electron chi connectivity index (χ2n) is 8.79. The van der Waals surface area contributed by atoms with Crippen molar-refractivity contribution in [3.63, 3.8) is 0 Å². The molecule has 5 aromatic rings. The van der Waals surface area contributed by atoms with E-state index >= 15 is 0 Å². The maximum atomic E-state index is 5.63. The van der Waals surface area contributed by atoms with Gasteiger partial charge in [0.25, 0.3) is 0 Å². The Morgan fingerprint density at radius 2 is 1.74 bits per heavy atom. The molecule has 0 bridgehead atoms. The highest BCUT2D eigenvalue weighted by atomic mass is 16.5. The molecule has 38 heavy (non-hydrogen) atoms. The Labute approximate surface area is 219 Å². The van der Waals surface area contributed by atoms with E-state index in [-0.39, 0.29) is 0 Å². The fourth-order valence-electron chi connectivity index (χ4n) is 4.59. The van der Waals surface area contributed by atoms with Gasteiger partial charge in [-0.25, -0.2) is 4.98 Å². The smallest absolute Gasteiger partial charge is 0.228 e. The van der Waals surface area contributed by atoms with Gasteiger partial charge in [0.05, 0.1) is 39.3 Å². The monoisotopic (exact) mass is 512 g/mol. The number of nitrogens with zero attached hydrogens (tertiary/aromatic N) is 5. The molecular weight excluding hydrogens is 484 g/mol. The lowest BCUT2D eigenvalue weighted by Gasteiger charge is -2.30. The minimum Gasteiger partial charge on any atom is -0.493 e. The highest BCUT2D eigenvalue weighted by Gasteiger charge is 2.25. The van der Waals surface area contributed by atoms with Crippen LogP contribution >= 0.6 is 0 Å². The first-order chi connectivity index (χ1) is 18.7. The van der Waals surface area contributed by atoms with Gasteiger partial charge < -0.3 is 28.8 Å². The third kappa shape index (κ3) is 4.50. The fourth-order valence-corrected chi connectivity index (χ4v) is 4.59. The minimum atomic E-state index is 0.488. The zero-order valence-electron chi connectivity index (χ0n) is 21.3. The van der Waals surface area contributed by atoms with Crippen LogP contribution in [0, 0.1) is 0 Å². The molecule has 1 N–H and O–H groups in total. The number of nitrogens with one attached hydrogen (secondary N) is 1. The maximum absolute atomic E-state index is 5.63. The summed E-state index contributed by atoms with van der Waals surface area (Å²) in [6, 6.07) is 19.7. The molecule has 0 aliphatic carbocycles. The van der Waals surface area contributed by atoms with E-state index in [9.17, 15) is 0 Å². The first-order valence-electron chi connectivity index (χ1n) is 12.4. The number of aromatic nitrogens is 4. The molecule has 4 heterocycles. The second kappa shape index (κ2) is 10.4. The Hall–Kier alpha value is -4.57. The second-order valence-corrected chi connectivity index (χ2v) is 8.79. The third-order valence-electron chi connectivity index (χ3n) is 6.48. The molecule has 10 heteroatoms. The summed E-state index contributed by atoms with van der Waals surface area (Å²) in [5.74, 6) is 3.83. The van der Waals surface area contributed by atoms with Crippen LogP contribution < -0.4 is 19.7 Å². The SMILES string of the molecule is COc1ccc(CNc2nc(N3CCOCC3)c(-c3ccccc3)c3nc(-c4ccco4)nn23)cc1OC. The summed E-state index contributed by atoms with van der Waals surface area (Å²) in [5, 5.41) is 8.27. The molecule has 194 valence electrons. The number of hydrogen-bond donors (Lipinski definition) is 1. The first-order valence-corrected chi connectivity index (χ1v) is 12.4. The van der Waals surface area contributed by atoms with Gasteiger partial charge in [0.15, 0.2) is 22.9 Å². The van der Waals surface area contributed by atoms with Gasteiger partial charge in [-0.05, 0) is 35.4 Å². The van der Waals surface area contributed by atoms with E-state index in [0.717, 1.165) is 35.6 Å². The fraction of sp³-hybridized carbons (Fsp3) is 0.250. The topological polar surface area (TPSA) is 99.2 Å². The van der Waals surface area contributed by atoms with E-state index < -0.39 is 0 Å². The molecule has 1 fully saturated rings. The van der Waals surface area contributed by atoms with E-state index in [1.165, 1.54) is 0 Å². The third-order valence-corrected chi connectivity index (χ3v) is 6.48.